The minimum absolute atomic E-state index is 0.00911. The van der Waals surface area contributed by atoms with Crippen LogP contribution in [0.1, 0.15) is 41.9 Å². The van der Waals surface area contributed by atoms with Gasteiger partial charge in [0.05, 0.1) is 13.0 Å². The molecule has 158 valence electrons. The summed E-state index contributed by atoms with van der Waals surface area (Å²) >= 11 is 0. The Bertz CT molecular complexity index is 1120. The fraction of sp³-hybridized carbons (Fsp3) is 0.280. The molecule has 0 bridgehead atoms. The highest BCUT2D eigenvalue weighted by Crippen LogP contribution is 2.45. The number of allylic oxidation sites excluding steroid dienone is 3. The molecule has 2 aromatic carbocycles. The first-order chi connectivity index (χ1) is 15.0. The van der Waals surface area contributed by atoms with E-state index in [9.17, 15) is 10.1 Å². The Balaban J connectivity index is 1.67. The average molecular weight is 416 g/mol. The average Bonchev–Trinajstić information content (AvgIpc) is 2.78. The Kier molecular flexibility index (Phi) is 5.68. The van der Waals surface area contributed by atoms with Gasteiger partial charge in [-0.1, -0.05) is 35.9 Å². The maximum absolute atomic E-state index is 12.7. The Labute approximate surface area is 181 Å². The standard InChI is InChI=1S/C25H24N2O4/c1-15-6-8-16(9-7-15)14-30-20-11-10-17(12-22(20)29-2)23-18(13-26)25(27)31-21-5-3-4-19(28)24(21)23/h6-12,23H,3-5,14,27H2,1-2H3/t23-/m0/s1. The zero-order valence-corrected chi connectivity index (χ0v) is 17.6. The highest BCUT2D eigenvalue weighted by atomic mass is 16.5. The summed E-state index contributed by atoms with van der Waals surface area (Å²) in [6.07, 6.45) is 1.78. The number of nitrogens with zero attached hydrogens (tertiary/aromatic N) is 1. The first kappa shape index (κ1) is 20.5. The van der Waals surface area contributed by atoms with E-state index in [1.165, 1.54) is 5.56 Å². The van der Waals surface area contributed by atoms with Crippen molar-refractivity contribution < 1.29 is 19.0 Å². The number of nitriles is 1. The Morgan fingerprint density at radius 3 is 2.65 bits per heavy atom. The maximum atomic E-state index is 12.7. The van der Waals surface area contributed by atoms with Crippen LogP contribution >= 0.6 is 0 Å². The fourth-order valence-corrected chi connectivity index (χ4v) is 4.02. The number of nitrogens with two attached hydrogens (primary N) is 1. The van der Waals surface area contributed by atoms with Gasteiger partial charge in [0.15, 0.2) is 17.3 Å². The lowest BCUT2D eigenvalue weighted by atomic mass is 9.77. The van der Waals surface area contributed by atoms with Crippen LogP contribution in [0.15, 0.2) is 65.3 Å². The molecule has 2 N–H and O–H groups in total. The molecule has 6 heteroatoms. The first-order valence-corrected chi connectivity index (χ1v) is 10.2. The molecular weight excluding hydrogens is 392 g/mol. The number of hydrogen-bond donors (Lipinski definition) is 1. The Morgan fingerprint density at radius 2 is 1.94 bits per heavy atom. The summed E-state index contributed by atoms with van der Waals surface area (Å²) in [7, 11) is 1.56. The topological polar surface area (TPSA) is 94.6 Å². The third-order valence-electron chi connectivity index (χ3n) is 5.64. The summed E-state index contributed by atoms with van der Waals surface area (Å²) in [6.45, 7) is 2.44. The molecule has 4 rings (SSSR count). The minimum atomic E-state index is -0.568. The van der Waals surface area contributed by atoms with Gasteiger partial charge < -0.3 is 19.9 Å². The molecule has 0 saturated heterocycles. The van der Waals surface area contributed by atoms with Gasteiger partial charge in [-0.25, -0.2) is 0 Å². The number of aryl methyl sites for hydroxylation is 1. The summed E-state index contributed by atoms with van der Waals surface area (Å²) in [6, 6.07) is 15.7. The molecule has 1 heterocycles. The van der Waals surface area contributed by atoms with Crippen molar-refractivity contribution >= 4 is 5.78 Å². The van der Waals surface area contributed by atoms with E-state index < -0.39 is 5.92 Å². The van der Waals surface area contributed by atoms with Gasteiger partial charge in [0, 0.05) is 18.4 Å². The van der Waals surface area contributed by atoms with Crippen molar-refractivity contribution in [3.8, 4) is 17.6 Å². The number of carbonyl (C=O) groups is 1. The van der Waals surface area contributed by atoms with Gasteiger partial charge in [0.25, 0.3) is 0 Å². The lowest BCUT2D eigenvalue weighted by Crippen LogP contribution is -2.27. The van der Waals surface area contributed by atoms with Gasteiger partial charge in [-0.15, -0.1) is 0 Å². The van der Waals surface area contributed by atoms with E-state index >= 15 is 0 Å². The van der Waals surface area contributed by atoms with E-state index in [-0.39, 0.29) is 17.2 Å². The molecule has 1 atom stereocenters. The van der Waals surface area contributed by atoms with Crippen LogP contribution in [0.25, 0.3) is 0 Å². The predicted octanol–water partition coefficient (Wildman–Crippen LogP) is 4.40. The number of benzene rings is 2. The monoisotopic (exact) mass is 416 g/mol. The van der Waals surface area contributed by atoms with Gasteiger partial charge >= 0.3 is 0 Å². The second-order valence-electron chi connectivity index (χ2n) is 7.72. The molecular formula is C25H24N2O4. The van der Waals surface area contributed by atoms with Crippen molar-refractivity contribution in [1.29, 1.82) is 5.26 Å². The minimum Gasteiger partial charge on any atom is -0.493 e. The van der Waals surface area contributed by atoms with Crippen molar-refractivity contribution in [2.75, 3.05) is 7.11 Å². The lowest BCUT2D eigenvalue weighted by molar-refractivity contribution is -0.116. The van der Waals surface area contributed by atoms with Crippen molar-refractivity contribution in [3.63, 3.8) is 0 Å². The Hall–Kier alpha value is -3.72. The molecule has 2 aliphatic rings. The van der Waals surface area contributed by atoms with Gasteiger partial charge in [-0.05, 0) is 36.6 Å². The third kappa shape index (κ3) is 3.99. The first-order valence-electron chi connectivity index (χ1n) is 10.2. The molecule has 31 heavy (non-hydrogen) atoms. The van der Waals surface area contributed by atoms with Crippen molar-refractivity contribution in [2.24, 2.45) is 5.73 Å². The molecule has 0 unspecified atom stereocenters. The van der Waals surface area contributed by atoms with Crippen LogP contribution in [-0.2, 0) is 16.1 Å². The van der Waals surface area contributed by atoms with Crippen LogP contribution in [0.4, 0.5) is 0 Å². The number of ketones is 1. The van der Waals surface area contributed by atoms with Crippen molar-refractivity contribution in [2.45, 2.75) is 38.7 Å². The van der Waals surface area contributed by atoms with Crippen LogP contribution in [0, 0.1) is 18.3 Å². The van der Waals surface area contributed by atoms with Crippen LogP contribution in [-0.4, -0.2) is 12.9 Å². The van der Waals surface area contributed by atoms with Crippen LogP contribution < -0.4 is 15.2 Å². The molecule has 2 aromatic rings. The van der Waals surface area contributed by atoms with Crippen LogP contribution in [0.3, 0.4) is 0 Å². The third-order valence-corrected chi connectivity index (χ3v) is 5.64. The Morgan fingerprint density at radius 1 is 1.16 bits per heavy atom. The van der Waals surface area contributed by atoms with Gasteiger partial charge in [0.2, 0.25) is 5.88 Å². The number of hydrogen-bond acceptors (Lipinski definition) is 6. The number of carbonyl (C=O) groups excluding carboxylic acids is 1. The number of methoxy groups -OCH3 is 1. The second-order valence-corrected chi connectivity index (χ2v) is 7.72. The van der Waals surface area contributed by atoms with E-state index in [1.807, 2.05) is 37.3 Å². The van der Waals surface area contributed by atoms with E-state index in [1.54, 1.807) is 19.2 Å². The highest BCUT2D eigenvalue weighted by molar-refractivity contribution is 5.99. The summed E-state index contributed by atoms with van der Waals surface area (Å²) in [5, 5.41) is 9.72. The van der Waals surface area contributed by atoms with E-state index in [2.05, 4.69) is 6.07 Å². The number of rotatable bonds is 5. The summed E-state index contributed by atoms with van der Waals surface area (Å²) in [5.74, 6) is 1.15. The molecule has 0 amide bonds. The van der Waals surface area contributed by atoms with E-state index in [0.29, 0.717) is 48.7 Å². The SMILES string of the molecule is COc1cc([C@H]2C(C#N)=C(N)OC3=C2C(=O)CCC3)ccc1OCc1ccc(C)cc1. The normalized spacial score (nSPS) is 18.2. The molecule has 0 fully saturated rings. The largest absolute Gasteiger partial charge is 0.493 e. The molecule has 0 spiro atoms. The van der Waals surface area contributed by atoms with Crippen LogP contribution in [0.2, 0.25) is 0 Å². The molecule has 6 nitrogen and oxygen atoms in total. The van der Waals surface area contributed by atoms with E-state index in [0.717, 1.165) is 11.1 Å². The number of Topliss-reactive ketones (excluding diaryl/α,β-unsaturated/α-hetero) is 1. The van der Waals surface area contributed by atoms with Crippen molar-refractivity contribution in [3.05, 3.63) is 81.9 Å². The molecule has 0 radical (unpaired) electrons. The smallest absolute Gasteiger partial charge is 0.205 e. The summed E-state index contributed by atoms with van der Waals surface area (Å²) in [5.41, 5.74) is 9.76. The van der Waals surface area contributed by atoms with Gasteiger partial charge in [0.1, 0.15) is 24.0 Å². The van der Waals surface area contributed by atoms with Crippen molar-refractivity contribution in [1.82, 2.24) is 0 Å². The zero-order chi connectivity index (χ0) is 22.0. The van der Waals surface area contributed by atoms with E-state index in [4.69, 9.17) is 19.9 Å². The lowest BCUT2D eigenvalue weighted by Gasteiger charge is -2.31. The number of ether oxygens (including phenoxy) is 3. The maximum Gasteiger partial charge on any atom is 0.205 e. The molecule has 1 aliphatic carbocycles. The second kappa shape index (κ2) is 8.57. The molecule has 1 aliphatic heterocycles. The fourth-order valence-electron chi connectivity index (χ4n) is 4.02. The molecule has 0 saturated carbocycles. The van der Waals surface area contributed by atoms with Crippen LogP contribution in [0.5, 0.6) is 11.5 Å². The predicted molar refractivity (Wildman–Crippen MR) is 115 cm³/mol. The molecule has 0 aromatic heterocycles. The highest BCUT2D eigenvalue weighted by Gasteiger charge is 2.38. The summed E-state index contributed by atoms with van der Waals surface area (Å²) in [4.78, 5) is 12.7. The summed E-state index contributed by atoms with van der Waals surface area (Å²) < 4.78 is 17.2. The zero-order valence-electron chi connectivity index (χ0n) is 17.6. The van der Waals surface area contributed by atoms with Gasteiger partial charge in [-0.3, -0.25) is 4.79 Å². The van der Waals surface area contributed by atoms with Gasteiger partial charge in [-0.2, -0.15) is 5.26 Å². The quantitative estimate of drug-likeness (QED) is 0.776.